The van der Waals surface area contributed by atoms with Gasteiger partial charge in [0.05, 0.1) is 0 Å². The maximum absolute atomic E-state index is 10.7. The van der Waals surface area contributed by atoms with E-state index in [9.17, 15) is 9.59 Å². The number of carbonyl (C=O) groups is 2. The van der Waals surface area contributed by atoms with Gasteiger partial charge in [-0.1, -0.05) is 13.8 Å². The average Bonchev–Trinajstić information content (AvgIpc) is 2.45. The second-order valence-electron chi connectivity index (χ2n) is 3.93. The highest BCUT2D eigenvalue weighted by Gasteiger charge is 2.35. The Morgan fingerprint density at radius 1 is 1.33 bits per heavy atom. The molecule has 0 N–H and O–H groups in total. The first-order valence-corrected chi connectivity index (χ1v) is 4.61. The lowest BCUT2D eigenvalue weighted by Crippen LogP contribution is -2.21. The molecule has 2 nitrogen and oxygen atoms in total. The Hall–Kier alpha value is -0.660. The molecule has 0 aromatic rings. The van der Waals surface area contributed by atoms with Gasteiger partial charge in [0, 0.05) is 11.8 Å². The highest BCUT2D eigenvalue weighted by atomic mass is 16.1. The Labute approximate surface area is 73.3 Å². The first kappa shape index (κ1) is 9.43. The van der Waals surface area contributed by atoms with E-state index >= 15 is 0 Å². The third-order valence-electron chi connectivity index (χ3n) is 3.15. The Bertz CT molecular complexity index is 177. The number of hydrogen-bond donors (Lipinski definition) is 0. The molecule has 0 bridgehead atoms. The maximum Gasteiger partial charge on any atom is 0.123 e. The molecule has 1 aliphatic rings. The third kappa shape index (κ3) is 1.57. The summed E-state index contributed by atoms with van der Waals surface area (Å²) >= 11 is 0. The van der Waals surface area contributed by atoms with Gasteiger partial charge in [-0.25, -0.2) is 0 Å². The predicted molar refractivity (Wildman–Crippen MR) is 46.7 cm³/mol. The standard InChI is InChI=1S/C10H16O2/c1-7-3-4-9(8(2)5-11)10(7)6-12/h5-10H,3-4H2,1-2H3/t7-,8?,9-,10+/m0/s1. The van der Waals surface area contributed by atoms with Crippen molar-refractivity contribution >= 4 is 12.6 Å². The molecule has 0 amide bonds. The van der Waals surface area contributed by atoms with Crippen molar-refractivity contribution in [3.05, 3.63) is 0 Å². The van der Waals surface area contributed by atoms with Crippen LogP contribution in [-0.4, -0.2) is 12.6 Å². The monoisotopic (exact) mass is 168 g/mol. The van der Waals surface area contributed by atoms with Gasteiger partial charge < -0.3 is 9.59 Å². The van der Waals surface area contributed by atoms with Crippen LogP contribution in [0.3, 0.4) is 0 Å². The minimum absolute atomic E-state index is 0.0464. The molecule has 1 aliphatic carbocycles. The van der Waals surface area contributed by atoms with Crippen molar-refractivity contribution in [1.82, 2.24) is 0 Å². The summed E-state index contributed by atoms with van der Waals surface area (Å²) < 4.78 is 0. The summed E-state index contributed by atoms with van der Waals surface area (Å²) in [6.07, 6.45) is 4.12. The van der Waals surface area contributed by atoms with Crippen molar-refractivity contribution in [2.45, 2.75) is 26.7 Å². The SMILES string of the molecule is CC(C=O)[C@@H]1CC[C@H](C)[C@H]1C=O. The van der Waals surface area contributed by atoms with Gasteiger partial charge in [0.1, 0.15) is 12.6 Å². The highest BCUT2D eigenvalue weighted by Crippen LogP contribution is 2.39. The first-order valence-electron chi connectivity index (χ1n) is 4.61. The van der Waals surface area contributed by atoms with Crippen LogP contribution in [0.2, 0.25) is 0 Å². The largest absolute Gasteiger partial charge is 0.303 e. The number of rotatable bonds is 3. The van der Waals surface area contributed by atoms with Crippen LogP contribution in [-0.2, 0) is 9.59 Å². The molecular weight excluding hydrogens is 152 g/mol. The molecule has 0 aromatic carbocycles. The van der Waals surface area contributed by atoms with Gasteiger partial charge in [-0.3, -0.25) is 0 Å². The molecular formula is C10H16O2. The van der Waals surface area contributed by atoms with Crippen LogP contribution in [0, 0.1) is 23.7 Å². The van der Waals surface area contributed by atoms with Crippen LogP contribution < -0.4 is 0 Å². The molecule has 68 valence electrons. The number of carbonyl (C=O) groups excluding carboxylic acids is 2. The zero-order valence-corrected chi connectivity index (χ0v) is 7.69. The molecule has 12 heavy (non-hydrogen) atoms. The number of hydrogen-bond acceptors (Lipinski definition) is 2. The topological polar surface area (TPSA) is 34.1 Å². The number of aldehydes is 2. The normalized spacial score (nSPS) is 37.7. The van der Waals surface area contributed by atoms with Gasteiger partial charge in [0.2, 0.25) is 0 Å². The van der Waals surface area contributed by atoms with Crippen LogP contribution in [0.4, 0.5) is 0 Å². The zero-order valence-electron chi connectivity index (χ0n) is 7.69. The van der Waals surface area contributed by atoms with Gasteiger partial charge in [-0.05, 0) is 24.7 Å². The molecule has 1 fully saturated rings. The second-order valence-corrected chi connectivity index (χ2v) is 3.93. The predicted octanol–water partition coefficient (Wildman–Crippen LogP) is 1.68. The van der Waals surface area contributed by atoms with Crippen LogP contribution in [0.15, 0.2) is 0 Å². The van der Waals surface area contributed by atoms with E-state index in [2.05, 4.69) is 6.92 Å². The van der Waals surface area contributed by atoms with Gasteiger partial charge in [0.15, 0.2) is 0 Å². The van der Waals surface area contributed by atoms with Crippen molar-refractivity contribution in [3.8, 4) is 0 Å². The van der Waals surface area contributed by atoms with E-state index in [0.717, 1.165) is 25.4 Å². The van der Waals surface area contributed by atoms with E-state index in [0.29, 0.717) is 11.8 Å². The molecule has 0 radical (unpaired) electrons. The van der Waals surface area contributed by atoms with Crippen LogP contribution in [0.1, 0.15) is 26.7 Å². The quantitative estimate of drug-likeness (QED) is 0.601. The Kier molecular flexibility index (Phi) is 3.01. The molecule has 0 saturated heterocycles. The van der Waals surface area contributed by atoms with Crippen molar-refractivity contribution < 1.29 is 9.59 Å². The van der Waals surface area contributed by atoms with Crippen molar-refractivity contribution in [2.75, 3.05) is 0 Å². The van der Waals surface area contributed by atoms with Crippen LogP contribution in [0.25, 0.3) is 0 Å². The zero-order chi connectivity index (χ0) is 9.14. The molecule has 1 unspecified atom stereocenters. The smallest absolute Gasteiger partial charge is 0.123 e. The lowest BCUT2D eigenvalue weighted by molar-refractivity contribution is -0.116. The van der Waals surface area contributed by atoms with Crippen molar-refractivity contribution in [2.24, 2.45) is 23.7 Å². The first-order chi connectivity index (χ1) is 5.70. The van der Waals surface area contributed by atoms with E-state index in [1.165, 1.54) is 0 Å². The van der Waals surface area contributed by atoms with E-state index in [1.54, 1.807) is 0 Å². The lowest BCUT2D eigenvalue weighted by atomic mass is 9.84. The van der Waals surface area contributed by atoms with Crippen LogP contribution in [0.5, 0.6) is 0 Å². The van der Waals surface area contributed by atoms with Gasteiger partial charge in [-0.15, -0.1) is 0 Å². The summed E-state index contributed by atoms with van der Waals surface area (Å²) in [5.41, 5.74) is 0. The Balaban J connectivity index is 2.65. The maximum atomic E-state index is 10.7. The average molecular weight is 168 g/mol. The molecule has 2 heteroatoms. The molecule has 4 atom stereocenters. The molecule has 1 saturated carbocycles. The van der Waals surface area contributed by atoms with Gasteiger partial charge >= 0.3 is 0 Å². The van der Waals surface area contributed by atoms with Gasteiger partial charge in [-0.2, -0.15) is 0 Å². The summed E-state index contributed by atoms with van der Waals surface area (Å²) in [6, 6.07) is 0. The molecule has 1 rings (SSSR count). The van der Waals surface area contributed by atoms with Crippen molar-refractivity contribution in [1.29, 1.82) is 0 Å². The van der Waals surface area contributed by atoms with Crippen LogP contribution >= 0.6 is 0 Å². The molecule has 0 heterocycles. The molecule has 0 aromatic heterocycles. The minimum atomic E-state index is 0.0464. The highest BCUT2D eigenvalue weighted by molar-refractivity contribution is 5.59. The summed E-state index contributed by atoms with van der Waals surface area (Å²) in [6.45, 7) is 4.00. The summed E-state index contributed by atoms with van der Waals surface area (Å²) in [7, 11) is 0. The van der Waals surface area contributed by atoms with E-state index in [-0.39, 0.29) is 11.8 Å². The Morgan fingerprint density at radius 3 is 2.50 bits per heavy atom. The fourth-order valence-corrected chi connectivity index (χ4v) is 2.21. The third-order valence-corrected chi connectivity index (χ3v) is 3.15. The molecule has 0 spiro atoms. The van der Waals surface area contributed by atoms with E-state index in [4.69, 9.17) is 0 Å². The second kappa shape index (κ2) is 3.83. The van der Waals surface area contributed by atoms with E-state index in [1.807, 2.05) is 6.92 Å². The van der Waals surface area contributed by atoms with E-state index < -0.39 is 0 Å². The minimum Gasteiger partial charge on any atom is -0.303 e. The molecule has 0 aliphatic heterocycles. The Morgan fingerprint density at radius 2 is 2.00 bits per heavy atom. The lowest BCUT2D eigenvalue weighted by Gasteiger charge is -2.19. The van der Waals surface area contributed by atoms with Crippen molar-refractivity contribution in [3.63, 3.8) is 0 Å². The fourth-order valence-electron chi connectivity index (χ4n) is 2.21. The summed E-state index contributed by atoms with van der Waals surface area (Å²) in [5.74, 6) is 0.931. The summed E-state index contributed by atoms with van der Waals surface area (Å²) in [4.78, 5) is 21.3. The fraction of sp³-hybridized carbons (Fsp3) is 0.800. The summed E-state index contributed by atoms with van der Waals surface area (Å²) in [5, 5.41) is 0. The van der Waals surface area contributed by atoms with Gasteiger partial charge in [0.25, 0.3) is 0 Å².